The summed E-state index contributed by atoms with van der Waals surface area (Å²) in [4.78, 5) is 17.3. The molecule has 1 heterocycles. The molecule has 0 spiro atoms. The smallest absolute Gasteiger partial charge is 0.264 e. The predicted octanol–water partition coefficient (Wildman–Crippen LogP) is 5.42. The van der Waals surface area contributed by atoms with Crippen molar-refractivity contribution in [3.8, 4) is 5.75 Å². The van der Waals surface area contributed by atoms with E-state index in [1.165, 1.54) is 17.3 Å². The standard InChI is InChI=1S/C18H14Br2N2O2S/c1-10-3-5-12(6-4-10)21-18-22-17(23)15(25-18)9-11-7-13(19)16(24-2)14(20)8-11/h3-9H,1-2H3,(H,21,22,23)/b15-9-. The maximum Gasteiger partial charge on any atom is 0.264 e. The zero-order valence-corrected chi connectivity index (χ0v) is 17.5. The van der Waals surface area contributed by atoms with Crippen molar-refractivity contribution in [1.29, 1.82) is 0 Å². The number of ether oxygens (including phenoxy) is 1. The van der Waals surface area contributed by atoms with Crippen molar-refractivity contribution in [1.82, 2.24) is 5.32 Å². The summed E-state index contributed by atoms with van der Waals surface area (Å²) in [6.07, 6.45) is 1.83. The molecule has 1 aliphatic rings. The molecule has 0 radical (unpaired) electrons. The number of nitrogens with zero attached hydrogens (tertiary/aromatic N) is 1. The first kappa shape index (κ1) is 18.2. The van der Waals surface area contributed by atoms with Gasteiger partial charge in [0.15, 0.2) is 5.17 Å². The molecule has 0 atom stereocenters. The molecule has 0 unspecified atom stereocenters. The SMILES string of the molecule is COc1c(Br)cc(/C=C2\SC(=Nc3ccc(C)cc3)NC2=O)cc1Br. The van der Waals surface area contributed by atoms with Crippen LogP contribution in [0, 0.1) is 6.92 Å². The van der Waals surface area contributed by atoms with Crippen LogP contribution < -0.4 is 10.1 Å². The summed E-state index contributed by atoms with van der Waals surface area (Å²) in [5.74, 6) is 0.561. The van der Waals surface area contributed by atoms with Gasteiger partial charge in [-0.05, 0) is 86.5 Å². The van der Waals surface area contributed by atoms with E-state index in [-0.39, 0.29) is 5.91 Å². The first-order valence-electron chi connectivity index (χ1n) is 7.35. The minimum absolute atomic E-state index is 0.154. The highest BCUT2D eigenvalue weighted by Gasteiger charge is 2.24. The van der Waals surface area contributed by atoms with Crippen LogP contribution in [-0.2, 0) is 4.79 Å². The first-order valence-corrected chi connectivity index (χ1v) is 9.76. The molecular formula is C18H14Br2N2O2S. The predicted molar refractivity (Wildman–Crippen MR) is 110 cm³/mol. The van der Waals surface area contributed by atoms with Gasteiger partial charge in [-0.1, -0.05) is 17.7 Å². The number of hydrogen-bond donors (Lipinski definition) is 1. The molecule has 0 saturated carbocycles. The molecule has 1 fully saturated rings. The minimum atomic E-state index is -0.154. The van der Waals surface area contributed by atoms with Crippen LogP contribution >= 0.6 is 43.6 Å². The number of carbonyl (C=O) groups is 1. The third-order valence-corrected chi connectivity index (χ3v) is 5.53. The second-order valence-corrected chi connectivity index (χ2v) is 8.07. The van der Waals surface area contributed by atoms with Crippen molar-refractivity contribution in [3.63, 3.8) is 0 Å². The molecule has 0 aromatic heterocycles. The van der Waals surface area contributed by atoms with Crippen LogP contribution in [0.1, 0.15) is 11.1 Å². The third-order valence-electron chi connectivity index (χ3n) is 3.44. The van der Waals surface area contributed by atoms with Gasteiger partial charge >= 0.3 is 0 Å². The Morgan fingerprint density at radius 3 is 2.40 bits per heavy atom. The summed E-state index contributed by atoms with van der Waals surface area (Å²) < 4.78 is 6.92. The molecule has 0 aliphatic carbocycles. The minimum Gasteiger partial charge on any atom is -0.494 e. The highest BCUT2D eigenvalue weighted by molar-refractivity contribution is 9.11. The Morgan fingerprint density at radius 1 is 1.16 bits per heavy atom. The van der Waals surface area contributed by atoms with Gasteiger partial charge in [0.2, 0.25) is 0 Å². The maximum atomic E-state index is 12.2. The van der Waals surface area contributed by atoms with Crippen molar-refractivity contribution < 1.29 is 9.53 Å². The number of nitrogens with one attached hydrogen (secondary N) is 1. The summed E-state index contributed by atoms with van der Waals surface area (Å²) in [7, 11) is 1.61. The van der Waals surface area contributed by atoms with Gasteiger partial charge < -0.3 is 10.1 Å². The Labute approximate surface area is 167 Å². The van der Waals surface area contributed by atoms with Crippen molar-refractivity contribution in [2.75, 3.05) is 7.11 Å². The molecule has 1 N–H and O–H groups in total. The van der Waals surface area contributed by atoms with E-state index in [1.54, 1.807) is 7.11 Å². The number of methoxy groups -OCH3 is 1. The maximum absolute atomic E-state index is 12.2. The summed E-state index contributed by atoms with van der Waals surface area (Å²) in [5.41, 5.74) is 2.86. The Morgan fingerprint density at radius 2 is 1.80 bits per heavy atom. The largest absolute Gasteiger partial charge is 0.494 e. The van der Waals surface area contributed by atoms with Crippen molar-refractivity contribution in [2.24, 2.45) is 4.99 Å². The Bertz CT molecular complexity index is 869. The van der Waals surface area contributed by atoms with Gasteiger partial charge in [0, 0.05) is 0 Å². The number of amidine groups is 1. The number of thioether (sulfide) groups is 1. The third kappa shape index (κ3) is 4.34. The van der Waals surface area contributed by atoms with E-state index in [0.717, 1.165) is 20.2 Å². The Hall–Kier alpha value is -1.57. The van der Waals surface area contributed by atoms with E-state index < -0.39 is 0 Å². The zero-order valence-electron chi connectivity index (χ0n) is 13.5. The summed E-state index contributed by atoms with van der Waals surface area (Å²) in [6.45, 7) is 2.02. The molecule has 7 heteroatoms. The van der Waals surface area contributed by atoms with Crippen molar-refractivity contribution in [2.45, 2.75) is 6.92 Å². The number of aliphatic imine (C=N–C) groups is 1. The van der Waals surface area contributed by atoms with E-state index in [1.807, 2.05) is 49.4 Å². The highest BCUT2D eigenvalue weighted by Crippen LogP contribution is 2.36. The summed E-state index contributed by atoms with van der Waals surface area (Å²) >= 11 is 8.26. The number of carbonyl (C=O) groups excluding carboxylic acids is 1. The van der Waals surface area contributed by atoms with Crippen LogP contribution in [0.4, 0.5) is 5.69 Å². The topological polar surface area (TPSA) is 50.7 Å². The van der Waals surface area contributed by atoms with Crippen LogP contribution in [0.15, 0.2) is 55.2 Å². The number of rotatable bonds is 3. The summed E-state index contributed by atoms with van der Waals surface area (Å²) in [6, 6.07) is 11.6. The normalized spacial score (nSPS) is 17.2. The van der Waals surface area contributed by atoms with E-state index in [2.05, 4.69) is 42.2 Å². The fourth-order valence-electron chi connectivity index (χ4n) is 2.23. The van der Waals surface area contributed by atoms with Crippen LogP contribution in [0.3, 0.4) is 0 Å². The lowest BCUT2D eigenvalue weighted by molar-refractivity contribution is -0.115. The van der Waals surface area contributed by atoms with Crippen LogP contribution in [-0.4, -0.2) is 18.2 Å². The first-order chi connectivity index (χ1) is 12.0. The lowest BCUT2D eigenvalue weighted by Crippen LogP contribution is -2.19. The second kappa shape index (κ2) is 7.76. The Kier molecular flexibility index (Phi) is 5.66. The zero-order chi connectivity index (χ0) is 18.0. The van der Waals surface area contributed by atoms with E-state index >= 15 is 0 Å². The molecule has 1 saturated heterocycles. The van der Waals surface area contributed by atoms with Gasteiger partial charge in [0.1, 0.15) is 5.75 Å². The van der Waals surface area contributed by atoms with Crippen molar-refractivity contribution >= 4 is 66.5 Å². The van der Waals surface area contributed by atoms with E-state index in [9.17, 15) is 4.79 Å². The monoisotopic (exact) mass is 480 g/mol. The van der Waals surface area contributed by atoms with Crippen molar-refractivity contribution in [3.05, 3.63) is 61.4 Å². The van der Waals surface area contributed by atoms with Gasteiger partial charge in [-0.2, -0.15) is 0 Å². The van der Waals surface area contributed by atoms with E-state index in [0.29, 0.717) is 15.8 Å². The molecule has 4 nitrogen and oxygen atoms in total. The fraction of sp³-hybridized carbons (Fsp3) is 0.111. The second-order valence-electron chi connectivity index (χ2n) is 5.34. The molecule has 2 aromatic rings. The average Bonchev–Trinajstić information content (AvgIpc) is 2.89. The molecular weight excluding hydrogens is 468 g/mol. The van der Waals surface area contributed by atoms with Gasteiger partial charge in [-0.3, -0.25) is 4.79 Å². The number of benzene rings is 2. The molecule has 0 bridgehead atoms. The van der Waals surface area contributed by atoms with Crippen LogP contribution in [0.25, 0.3) is 6.08 Å². The van der Waals surface area contributed by atoms with Crippen LogP contribution in [0.5, 0.6) is 5.75 Å². The molecule has 1 amide bonds. The van der Waals surface area contributed by atoms with Gasteiger partial charge in [-0.15, -0.1) is 0 Å². The van der Waals surface area contributed by atoms with Gasteiger partial charge in [-0.25, -0.2) is 4.99 Å². The summed E-state index contributed by atoms with van der Waals surface area (Å²) in [5, 5.41) is 3.37. The molecule has 2 aromatic carbocycles. The quantitative estimate of drug-likeness (QED) is 0.595. The number of aryl methyl sites for hydroxylation is 1. The molecule has 128 valence electrons. The lowest BCUT2D eigenvalue weighted by atomic mass is 10.2. The number of halogens is 2. The molecule has 3 rings (SSSR count). The molecule has 1 aliphatic heterocycles. The average molecular weight is 482 g/mol. The highest BCUT2D eigenvalue weighted by atomic mass is 79.9. The molecule has 25 heavy (non-hydrogen) atoms. The number of hydrogen-bond acceptors (Lipinski definition) is 4. The van der Waals surface area contributed by atoms with Crippen LogP contribution in [0.2, 0.25) is 0 Å². The van der Waals surface area contributed by atoms with E-state index in [4.69, 9.17) is 4.74 Å². The van der Waals surface area contributed by atoms with Gasteiger partial charge in [0.25, 0.3) is 5.91 Å². The fourth-order valence-corrected chi connectivity index (χ4v) is 4.61. The number of amides is 1. The lowest BCUT2D eigenvalue weighted by Gasteiger charge is -2.07. The van der Waals surface area contributed by atoms with Gasteiger partial charge in [0.05, 0.1) is 26.6 Å². The Balaban J connectivity index is 1.85.